The molecule has 5 heteroatoms. The van der Waals surface area contributed by atoms with Gasteiger partial charge in [0.15, 0.2) is 11.5 Å². The van der Waals surface area contributed by atoms with Crippen LogP contribution in [0.25, 0.3) is 0 Å². The highest BCUT2D eigenvalue weighted by atomic mass is 19.2. The molecule has 0 amide bonds. The maximum atomic E-state index is 14.1. The Balaban J connectivity index is 1.58. The zero-order valence-corrected chi connectivity index (χ0v) is 15.8. The summed E-state index contributed by atoms with van der Waals surface area (Å²) in [6.07, 6.45) is 4.83. The van der Waals surface area contributed by atoms with Crippen LogP contribution in [0.3, 0.4) is 0 Å². The van der Waals surface area contributed by atoms with Crippen LogP contribution in [-0.2, 0) is 11.3 Å². The van der Waals surface area contributed by atoms with Gasteiger partial charge in [-0.25, -0.2) is 0 Å². The lowest BCUT2D eigenvalue weighted by atomic mass is 9.82. The van der Waals surface area contributed by atoms with Crippen molar-refractivity contribution < 1.29 is 23.0 Å². The van der Waals surface area contributed by atoms with Gasteiger partial charge < -0.3 is 14.2 Å². The van der Waals surface area contributed by atoms with Crippen molar-refractivity contribution in [2.24, 2.45) is 0 Å². The Hall–Kier alpha value is -2.14. The van der Waals surface area contributed by atoms with Crippen LogP contribution in [0.15, 0.2) is 36.4 Å². The molecule has 0 N–H and O–H groups in total. The number of rotatable bonds is 7. The van der Waals surface area contributed by atoms with E-state index in [2.05, 4.69) is 12.1 Å². The summed E-state index contributed by atoms with van der Waals surface area (Å²) in [4.78, 5) is 0. The van der Waals surface area contributed by atoms with E-state index in [0.29, 0.717) is 12.0 Å². The van der Waals surface area contributed by atoms with Crippen molar-refractivity contribution in [1.82, 2.24) is 0 Å². The Morgan fingerprint density at radius 1 is 0.852 bits per heavy atom. The van der Waals surface area contributed by atoms with Gasteiger partial charge in [-0.15, -0.1) is 0 Å². The second-order valence-corrected chi connectivity index (χ2v) is 6.86. The molecule has 146 valence electrons. The van der Waals surface area contributed by atoms with E-state index >= 15 is 0 Å². The maximum absolute atomic E-state index is 14.1. The highest BCUT2D eigenvalue weighted by Gasteiger charge is 2.22. The van der Waals surface area contributed by atoms with Crippen LogP contribution in [0.4, 0.5) is 8.78 Å². The molecule has 2 aromatic carbocycles. The lowest BCUT2D eigenvalue weighted by Gasteiger charge is -2.27. The molecule has 2 aromatic rings. The number of methoxy groups -OCH3 is 1. The second-order valence-electron chi connectivity index (χ2n) is 6.86. The topological polar surface area (TPSA) is 27.7 Å². The molecule has 3 nitrogen and oxygen atoms in total. The molecule has 0 aromatic heterocycles. The number of benzene rings is 2. The normalized spacial score (nSPS) is 19.7. The second kappa shape index (κ2) is 9.18. The predicted molar refractivity (Wildman–Crippen MR) is 100 cm³/mol. The van der Waals surface area contributed by atoms with Crippen LogP contribution in [0.2, 0.25) is 0 Å². The summed E-state index contributed by atoms with van der Waals surface area (Å²) in [7, 11) is 1.78. The molecular weight excluding hydrogens is 350 g/mol. The first-order valence-electron chi connectivity index (χ1n) is 9.47. The van der Waals surface area contributed by atoms with E-state index in [1.165, 1.54) is 17.7 Å². The van der Waals surface area contributed by atoms with Gasteiger partial charge in [0.1, 0.15) is 6.61 Å². The number of hydrogen-bond acceptors (Lipinski definition) is 3. The molecule has 0 radical (unpaired) electrons. The van der Waals surface area contributed by atoms with E-state index < -0.39 is 11.6 Å². The summed E-state index contributed by atoms with van der Waals surface area (Å²) in [5, 5.41) is 0. The van der Waals surface area contributed by atoms with Crippen LogP contribution >= 0.6 is 0 Å². The molecule has 0 bridgehead atoms. The first-order valence-corrected chi connectivity index (χ1v) is 9.47. The van der Waals surface area contributed by atoms with Gasteiger partial charge in [-0.2, -0.15) is 8.78 Å². The minimum absolute atomic E-state index is 0.102. The Morgan fingerprint density at radius 3 is 2.00 bits per heavy atom. The molecule has 27 heavy (non-hydrogen) atoms. The number of halogens is 2. The standard InChI is InChI=1S/C22H26F2O3/c1-3-26-19-12-13-20(22(24)21(19)23)27-14-15-4-6-16(7-5-15)17-8-10-18(25-2)11-9-17/h4-7,12-13,17-18H,3,8-11,14H2,1-2H3. The Morgan fingerprint density at radius 2 is 1.44 bits per heavy atom. The average Bonchev–Trinajstić information content (AvgIpc) is 2.71. The number of ether oxygens (including phenoxy) is 3. The third-order valence-corrected chi connectivity index (χ3v) is 5.16. The molecule has 0 unspecified atom stereocenters. The maximum Gasteiger partial charge on any atom is 0.204 e. The molecule has 0 heterocycles. The molecule has 0 aliphatic heterocycles. The van der Waals surface area contributed by atoms with E-state index in [4.69, 9.17) is 14.2 Å². The van der Waals surface area contributed by atoms with E-state index in [0.717, 1.165) is 31.2 Å². The van der Waals surface area contributed by atoms with Gasteiger partial charge in [0.05, 0.1) is 12.7 Å². The molecular formula is C22H26F2O3. The summed E-state index contributed by atoms with van der Waals surface area (Å²) in [6.45, 7) is 2.17. The highest BCUT2D eigenvalue weighted by molar-refractivity contribution is 5.35. The monoisotopic (exact) mass is 376 g/mol. The van der Waals surface area contributed by atoms with E-state index in [1.807, 2.05) is 12.1 Å². The summed E-state index contributed by atoms with van der Waals surface area (Å²) in [5.41, 5.74) is 2.23. The summed E-state index contributed by atoms with van der Waals surface area (Å²) >= 11 is 0. The van der Waals surface area contributed by atoms with Crippen LogP contribution in [0.1, 0.15) is 49.7 Å². The smallest absolute Gasteiger partial charge is 0.204 e. The van der Waals surface area contributed by atoms with Gasteiger partial charge in [-0.1, -0.05) is 24.3 Å². The molecule has 0 spiro atoms. The molecule has 1 fully saturated rings. The third-order valence-electron chi connectivity index (χ3n) is 5.16. The van der Waals surface area contributed by atoms with Crippen LogP contribution in [0, 0.1) is 11.6 Å². The zero-order chi connectivity index (χ0) is 19.2. The van der Waals surface area contributed by atoms with Crippen LogP contribution in [-0.4, -0.2) is 19.8 Å². The third kappa shape index (κ3) is 4.78. The van der Waals surface area contributed by atoms with E-state index in [1.54, 1.807) is 14.0 Å². The minimum atomic E-state index is -1.02. The fourth-order valence-electron chi connectivity index (χ4n) is 3.57. The summed E-state index contributed by atoms with van der Waals surface area (Å²) < 4.78 is 43.9. The number of hydrogen-bond donors (Lipinski definition) is 0. The first-order chi connectivity index (χ1) is 13.1. The van der Waals surface area contributed by atoms with Crippen LogP contribution < -0.4 is 9.47 Å². The van der Waals surface area contributed by atoms with Crippen molar-refractivity contribution in [3.63, 3.8) is 0 Å². The fourth-order valence-corrected chi connectivity index (χ4v) is 3.57. The van der Waals surface area contributed by atoms with Gasteiger partial charge >= 0.3 is 0 Å². The Bertz CT molecular complexity index is 738. The molecule has 3 rings (SSSR count). The Labute approximate surface area is 159 Å². The molecule has 1 saturated carbocycles. The zero-order valence-electron chi connectivity index (χ0n) is 15.8. The van der Waals surface area contributed by atoms with E-state index in [-0.39, 0.29) is 24.7 Å². The van der Waals surface area contributed by atoms with Gasteiger partial charge in [-0.3, -0.25) is 0 Å². The molecule has 0 saturated heterocycles. The summed E-state index contributed by atoms with van der Waals surface area (Å²) in [6, 6.07) is 11.0. The predicted octanol–water partition coefficient (Wildman–Crippen LogP) is 5.62. The van der Waals surface area contributed by atoms with E-state index in [9.17, 15) is 8.78 Å². The van der Waals surface area contributed by atoms with Crippen LogP contribution in [0.5, 0.6) is 11.5 Å². The largest absolute Gasteiger partial charge is 0.491 e. The van der Waals surface area contributed by atoms with Crippen molar-refractivity contribution in [2.75, 3.05) is 13.7 Å². The molecule has 0 atom stereocenters. The van der Waals surface area contributed by atoms with Crippen molar-refractivity contribution in [3.05, 3.63) is 59.2 Å². The van der Waals surface area contributed by atoms with Gasteiger partial charge in [0.2, 0.25) is 11.6 Å². The fraction of sp³-hybridized carbons (Fsp3) is 0.455. The van der Waals surface area contributed by atoms with Gasteiger partial charge in [-0.05, 0) is 61.8 Å². The lowest BCUT2D eigenvalue weighted by Crippen LogP contribution is -2.19. The molecule has 1 aliphatic rings. The minimum Gasteiger partial charge on any atom is -0.491 e. The molecule has 1 aliphatic carbocycles. The van der Waals surface area contributed by atoms with Gasteiger partial charge in [0.25, 0.3) is 0 Å². The summed E-state index contributed by atoms with van der Waals surface area (Å²) in [5.74, 6) is -1.69. The Kier molecular flexibility index (Phi) is 6.67. The van der Waals surface area contributed by atoms with Crippen molar-refractivity contribution in [2.45, 2.75) is 51.2 Å². The lowest BCUT2D eigenvalue weighted by molar-refractivity contribution is 0.0658. The van der Waals surface area contributed by atoms with Crippen molar-refractivity contribution in [1.29, 1.82) is 0 Å². The average molecular weight is 376 g/mol. The SMILES string of the molecule is CCOc1ccc(OCc2ccc(C3CCC(OC)CC3)cc2)c(F)c1F. The first kappa shape index (κ1) is 19.6. The quantitative estimate of drug-likeness (QED) is 0.628. The van der Waals surface area contributed by atoms with Crippen molar-refractivity contribution >= 4 is 0 Å². The van der Waals surface area contributed by atoms with Crippen molar-refractivity contribution in [3.8, 4) is 11.5 Å². The van der Waals surface area contributed by atoms with Gasteiger partial charge in [0, 0.05) is 7.11 Å². The highest BCUT2D eigenvalue weighted by Crippen LogP contribution is 2.34.